The first-order valence-electron chi connectivity index (χ1n) is 6.17. The van der Waals surface area contributed by atoms with Crippen molar-refractivity contribution in [1.82, 2.24) is 10.2 Å². The van der Waals surface area contributed by atoms with Crippen molar-refractivity contribution in [2.24, 2.45) is 5.41 Å². The Morgan fingerprint density at radius 3 is 2.69 bits per heavy atom. The Hall–Kier alpha value is -0.610. The number of likely N-dealkylation sites (tertiary alicyclic amines) is 1. The number of aliphatic carboxylic acids is 1. The summed E-state index contributed by atoms with van der Waals surface area (Å²) in [7, 11) is 0. The van der Waals surface area contributed by atoms with E-state index in [1.807, 2.05) is 0 Å². The minimum atomic E-state index is -0.711. The molecule has 0 amide bonds. The lowest BCUT2D eigenvalue weighted by Gasteiger charge is -2.23. The summed E-state index contributed by atoms with van der Waals surface area (Å²) < 4.78 is 0. The lowest BCUT2D eigenvalue weighted by Crippen LogP contribution is -2.46. The van der Waals surface area contributed by atoms with E-state index in [-0.39, 0.29) is 6.04 Å². The van der Waals surface area contributed by atoms with Crippen LogP contribution >= 0.6 is 0 Å². The van der Waals surface area contributed by atoms with E-state index in [4.69, 9.17) is 5.11 Å². The largest absolute Gasteiger partial charge is 0.480 e. The predicted molar refractivity (Wildman–Crippen MR) is 62.4 cm³/mol. The maximum absolute atomic E-state index is 11.1. The smallest absolute Gasteiger partial charge is 0.322 e. The molecule has 92 valence electrons. The molecular weight excluding hydrogens is 204 g/mol. The monoisotopic (exact) mass is 226 g/mol. The Labute approximate surface area is 97.0 Å². The maximum atomic E-state index is 11.1. The summed E-state index contributed by atoms with van der Waals surface area (Å²) in [5, 5.41) is 12.4. The Morgan fingerprint density at radius 2 is 2.25 bits per heavy atom. The summed E-state index contributed by atoms with van der Waals surface area (Å²) in [6, 6.07) is 0.0677. The van der Waals surface area contributed by atoms with Gasteiger partial charge in [0, 0.05) is 19.1 Å². The second-order valence-electron chi connectivity index (χ2n) is 5.98. The first kappa shape index (κ1) is 11.9. The van der Waals surface area contributed by atoms with E-state index in [2.05, 4.69) is 24.1 Å². The van der Waals surface area contributed by atoms with Crippen LogP contribution in [0.4, 0.5) is 0 Å². The van der Waals surface area contributed by atoms with Crippen molar-refractivity contribution in [3.8, 4) is 0 Å². The normalized spacial score (nSPS) is 26.9. The van der Waals surface area contributed by atoms with Gasteiger partial charge in [-0.15, -0.1) is 0 Å². The highest BCUT2D eigenvalue weighted by atomic mass is 16.4. The number of nitrogens with one attached hydrogen (secondary N) is 1. The summed E-state index contributed by atoms with van der Waals surface area (Å²) in [4.78, 5) is 13.4. The van der Waals surface area contributed by atoms with Crippen LogP contribution in [0.2, 0.25) is 0 Å². The molecule has 16 heavy (non-hydrogen) atoms. The van der Waals surface area contributed by atoms with Gasteiger partial charge in [0.15, 0.2) is 0 Å². The molecule has 4 nitrogen and oxygen atoms in total. The summed E-state index contributed by atoms with van der Waals surface area (Å²) in [6.45, 7) is 7.19. The minimum absolute atomic E-state index is 0.350. The van der Waals surface area contributed by atoms with Gasteiger partial charge in [-0.1, -0.05) is 13.8 Å². The topological polar surface area (TPSA) is 52.6 Å². The highest BCUT2D eigenvalue weighted by molar-refractivity contribution is 5.73. The molecule has 1 aliphatic heterocycles. The molecule has 2 fully saturated rings. The highest BCUT2D eigenvalue weighted by Gasteiger charge is 2.34. The fourth-order valence-electron chi connectivity index (χ4n) is 2.37. The third kappa shape index (κ3) is 3.19. The fraction of sp³-hybridized carbons (Fsp3) is 0.917. The van der Waals surface area contributed by atoms with Crippen molar-refractivity contribution in [2.75, 3.05) is 19.6 Å². The zero-order valence-corrected chi connectivity index (χ0v) is 10.2. The second-order valence-corrected chi connectivity index (χ2v) is 5.98. The van der Waals surface area contributed by atoms with E-state index >= 15 is 0 Å². The van der Waals surface area contributed by atoms with Crippen LogP contribution in [-0.2, 0) is 4.79 Å². The molecule has 0 radical (unpaired) electrons. The number of carbonyl (C=O) groups is 1. The molecule has 2 rings (SSSR count). The summed E-state index contributed by atoms with van der Waals surface area (Å²) >= 11 is 0. The van der Waals surface area contributed by atoms with E-state index in [0.29, 0.717) is 18.0 Å². The Kier molecular flexibility index (Phi) is 3.22. The van der Waals surface area contributed by atoms with Gasteiger partial charge < -0.3 is 15.3 Å². The van der Waals surface area contributed by atoms with Gasteiger partial charge in [-0.3, -0.25) is 4.79 Å². The van der Waals surface area contributed by atoms with Crippen LogP contribution in [-0.4, -0.2) is 47.7 Å². The van der Waals surface area contributed by atoms with Gasteiger partial charge in [-0.05, 0) is 31.2 Å². The molecule has 4 heteroatoms. The molecule has 0 aromatic carbocycles. The van der Waals surface area contributed by atoms with E-state index < -0.39 is 5.97 Å². The molecule has 0 bridgehead atoms. The van der Waals surface area contributed by atoms with E-state index in [9.17, 15) is 4.79 Å². The maximum Gasteiger partial charge on any atom is 0.322 e. The van der Waals surface area contributed by atoms with Crippen molar-refractivity contribution in [2.45, 2.75) is 45.2 Å². The first-order valence-corrected chi connectivity index (χ1v) is 6.17. The number of hydrogen-bond acceptors (Lipinski definition) is 3. The average molecular weight is 226 g/mol. The average Bonchev–Trinajstić information content (AvgIpc) is 2.90. The Bertz CT molecular complexity index is 274. The summed E-state index contributed by atoms with van der Waals surface area (Å²) in [5.74, 6) is -0.711. The lowest BCUT2D eigenvalue weighted by molar-refractivity contribution is -0.140. The quantitative estimate of drug-likeness (QED) is 0.732. The van der Waals surface area contributed by atoms with Crippen LogP contribution in [0.1, 0.15) is 33.1 Å². The molecule has 1 heterocycles. The SMILES string of the molecule is CC1(C)CCN(CC(NC2CC2)C(=O)O)C1. The van der Waals surface area contributed by atoms with Gasteiger partial charge >= 0.3 is 5.97 Å². The number of nitrogens with zero attached hydrogens (tertiary/aromatic N) is 1. The van der Waals surface area contributed by atoms with Gasteiger partial charge in [0.1, 0.15) is 6.04 Å². The predicted octanol–water partition coefficient (Wildman–Crippen LogP) is 0.923. The molecule has 1 saturated carbocycles. The lowest BCUT2D eigenvalue weighted by atomic mass is 9.93. The van der Waals surface area contributed by atoms with Crippen LogP contribution in [0.3, 0.4) is 0 Å². The van der Waals surface area contributed by atoms with Crippen LogP contribution in [0.15, 0.2) is 0 Å². The highest BCUT2D eigenvalue weighted by Crippen LogP contribution is 2.29. The molecule has 1 atom stereocenters. The zero-order valence-electron chi connectivity index (χ0n) is 10.2. The summed E-state index contributed by atoms with van der Waals surface area (Å²) in [5.41, 5.74) is 0.350. The van der Waals surface area contributed by atoms with Gasteiger partial charge in [-0.25, -0.2) is 0 Å². The van der Waals surface area contributed by atoms with E-state index in [0.717, 1.165) is 25.9 Å². The van der Waals surface area contributed by atoms with Gasteiger partial charge in [0.2, 0.25) is 0 Å². The third-order valence-electron chi connectivity index (χ3n) is 3.51. The van der Waals surface area contributed by atoms with Crippen molar-refractivity contribution in [3.63, 3.8) is 0 Å². The minimum Gasteiger partial charge on any atom is -0.480 e. The molecule has 1 saturated heterocycles. The van der Waals surface area contributed by atoms with Gasteiger partial charge in [0.25, 0.3) is 0 Å². The Morgan fingerprint density at radius 1 is 1.56 bits per heavy atom. The first-order chi connectivity index (χ1) is 7.46. The van der Waals surface area contributed by atoms with Crippen LogP contribution in [0.5, 0.6) is 0 Å². The van der Waals surface area contributed by atoms with Crippen molar-refractivity contribution >= 4 is 5.97 Å². The second kappa shape index (κ2) is 4.34. The number of hydrogen-bond donors (Lipinski definition) is 2. The third-order valence-corrected chi connectivity index (χ3v) is 3.51. The molecule has 0 aromatic rings. The standard InChI is InChI=1S/C12H22N2O2/c1-12(2)5-6-14(8-12)7-10(11(15)16)13-9-3-4-9/h9-10,13H,3-8H2,1-2H3,(H,15,16). The molecule has 1 unspecified atom stereocenters. The van der Waals surface area contributed by atoms with Crippen LogP contribution in [0, 0.1) is 5.41 Å². The van der Waals surface area contributed by atoms with Crippen molar-refractivity contribution < 1.29 is 9.90 Å². The number of carboxylic acid groups (broad SMARTS) is 1. The molecule has 2 aliphatic rings. The molecule has 0 spiro atoms. The van der Waals surface area contributed by atoms with Crippen molar-refractivity contribution in [1.29, 1.82) is 0 Å². The van der Waals surface area contributed by atoms with Crippen LogP contribution in [0.25, 0.3) is 0 Å². The number of carboxylic acids is 1. The van der Waals surface area contributed by atoms with Crippen LogP contribution < -0.4 is 5.32 Å². The molecule has 1 aliphatic carbocycles. The van der Waals surface area contributed by atoms with E-state index in [1.54, 1.807) is 0 Å². The van der Waals surface area contributed by atoms with Gasteiger partial charge in [0.05, 0.1) is 0 Å². The fourth-order valence-corrected chi connectivity index (χ4v) is 2.37. The molecule has 2 N–H and O–H groups in total. The van der Waals surface area contributed by atoms with E-state index in [1.165, 1.54) is 6.42 Å². The van der Waals surface area contributed by atoms with Gasteiger partial charge in [-0.2, -0.15) is 0 Å². The van der Waals surface area contributed by atoms with Crippen molar-refractivity contribution in [3.05, 3.63) is 0 Å². The Balaban J connectivity index is 1.83. The molecule has 0 aromatic heterocycles. The number of rotatable bonds is 5. The summed E-state index contributed by atoms with van der Waals surface area (Å²) in [6.07, 6.45) is 3.44. The molecular formula is C12H22N2O2. The zero-order chi connectivity index (χ0) is 11.8.